The summed E-state index contributed by atoms with van der Waals surface area (Å²) in [7, 11) is 1.39. The summed E-state index contributed by atoms with van der Waals surface area (Å²) in [4.78, 5) is 60.1. The molecule has 1 unspecified atom stereocenters. The summed E-state index contributed by atoms with van der Waals surface area (Å²) in [5.74, 6) is -2.18. The number of nitrogens with zero attached hydrogens (tertiary/aromatic N) is 1. The number of urea groups is 1. The molecule has 0 aromatic heterocycles. The van der Waals surface area contributed by atoms with Crippen molar-refractivity contribution in [2.45, 2.75) is 38.2 Å². The second-order valence-corrected chi connectivity index (χ2v) is 7.53. The van der Waals surface area contributed by atoms with Crippen molar-refractivity contribution >= 4 is 30.0 Å². The number of nitrogens with one attached hydrogen (secondary N) is 4. The van der Waals surface area contributed by atoms with Gasteiger partial charge in [0, 0.05) is 44.8 Å². The van der Waals surface area contributed by atoms with Gasteiger partial charge in [-0.15, -0.1) is 0 Å². The molecule has 2 aliphatic heterocycles. The fourth-order valence-corrected chi connectivity index (χ4v) is 3.31. The first-order valence-electron chi connectivity index (χ1n) is 10.4. The Labute approximate surface area is 190 Å². The Hall–Kier alpha value is -3.29. The van der Waals surface area contributed by atoms with Crippen molar-refractivity contribution in [1.29, 1.82) is 0 Å². The molecule has 0 aliphatic carbocycles. The van der Waals surface area contributed by atoms with Crippen LogP contribution in [0.25, 0.3) is 0 Å². The third kappa shape index (κ3) is 7.10. The molecule has 0 spiro atoms. The van der Waals surface area contributed by atoms with E-state index in [-0.39, 0.29) is 31.6 Å². The largest absolute Gasteiger partial charge is 0.394 e. The summed E-state index contributed by atoms with van der Waals surface area (Å²) in [6, 6.07) is -0.590. The van der Waals surface area contributed by atoms with Gasteiger partial charge < -0.3 is 30.9 Å². The highest BCUT2D eigenvalue weighted by Gasteiger charge is 2.38. The molecule has 1 fully saturated rings. The fourth-order valence-electron chi connectivity index (χ4n) is 3.31. The van der Waals surface area contributed by atoms with Crippen molar-refractivity contribution in [3.05, 3.63) is 23.5 Å². The van der Waals surface area contributed by atoms with Gasteiger partial charge in [-0.3, -0.25) is 29.4 Å². The molecule has 0 aromatic rings. The molecule has 2 heterocycles. The van der Waals surface area contributed by atoms with Gasteiger partial charge in [0.25, 0.3) is 5.91 Å². The van der Waals surface area contributed by atoms with Gasteiger partial charge in [0.05, 0.1) is 24.3 Å². The monoisotopic (exact) mass is 467 g/mol. The molecular weight excluding hydrogens is 438 g/mol. The van der Waals surface area contributed by atoms with E-state index in [0.717, 1.165) is 4.90 Å². The molecule has 2 rings (SSSR count). The molecule has 0 bridgehead atoms. The van der Waals surface area contributed by atoms with Crippen LogP contribution >= 0.6 is 0 Å². The minimum absolute atomic E-state index is 0.0158. The smallest absolute Gasteiger partial charge is 0.323 e. The average Bonchev–Trinajstić information content (AvgIpc) is 3.16. The van der Waals surface area contributed by atoms with Crippen LogP contribution in [0.3, 0.4) is 0 Å². The number of aliphatic hydroxyl groups excluding tert-OH is 2. The number of ether oxygens (including phenoxy) is 1. The van der Waals surface area contributed by atoms with Crippen molar-refractivity contribution < 1.29 is 38.9 Å². The van der Waals surface area contributed by atoms with Crippen molar-refractivity contribution in [3.63, 3.8) is 0 Å². The number of imide groups is 1. The van der Waals surface area contributed by atoms with Crippen LogP contribution in [-0.2, 0) is 23.9 Å². The first-order chi connectivity index (χ1) is 15.7. The molecule has 4 atom stereocenters. The van der Waals surface area contributed by atoms with Gasteiger partial charge in [-0.05, 0) is 6.92 Å². The number of hydrogen-bond donors (Lipinski definition) is 6. The summed E-state index contributed by atoms with van der Waals surface area (Å²) >= 11 is 0. The zero-order valence-corrected chi connectivity index (χ0v) is 18.4. The normalized spacial score (nSPS) is 25.1. The van der Waals surface area contributed by atoms with Gasteiger partial charge in [-0.2, -0.15) is 0 Å². The molecule has 1 saturated heterocycles. The maximum Gasteiger partial charge on any atom is 0.323 e. The quantitative estimate of drug-likeness (QED) is 0.0870. The van der Waals surface area contributed by atoms with E-state index in [2.05, 4.69) is 21.3 Å². The molecule has 13 heteroatoms. The predicted octanol–water partition coefficient (Wildman–Crippen LogP) is -2.55. The van der Waals surface area contributed by atoms with Crippen molar-refractivity contribution in [1.82, 2.24) is 26.2 Å². The molecule has 2 aliphatic rings. The molecule has 33 heavy (non-hydrogen) atoms. The van der Waals surface area contributed by atoms with Gasteiger partial charge in [0.2, 0.25) is 11.8 Å². The van der Waals surface area contributed by atoms with Crippen molar-refractivity contribution in [2.24, 2.45) is 5.92 Å². The van der Waals surface area contributed by atoms with E-state index in [9.17, 15) is 34.2 Å². The first-order valence-corrected chi connectivity index (χ1v) is 10.4. The van der Waals surface area contributed by atoms with E-state index in [0.29, 0.717) is 11.9 Å². The summed E-state index contributed by atoms with van der Waals surface area (Å²) in [5, 5.41) is 29.1. The highest BCUT2D eigenvalue weighted by molar-refractivity contribution is 6.08. The Morgan fingerprint density at radius 1 is 1.30 bits per heavy atom. The van der Waals surface area contributed by atoms with Crippen LogP contribution in [0.2, 0.25) is 0 Å². The van der Waals surface area contributed by atoms with Crippen LogP contribution < -0.4 is 21.3 Å². The second kappa shape index (κ2) is 12.1. The lowest BCUT2D eigenvalue weighted by molar-refractivity contribution is -0.134. The molecule has 6 N–H and O–H groups in total. The van der Waals surface area contributed by atoms with Gasteiger partial charge in [-0.25, -0.2) is 4.79 Å². The molecule has 0 radical (unpaired) electrons. The van der Waals surface area contributed by atoms with Crippen molar-refractivity contribution in [3.8, 4) is 0 Å². The second-order valence-electron chi connectivity index (χ2n) is 7.53. The predicted molar refractivity (Wildman–Crippen MR) is 113 cm³/mol. The van der Waals surface area contributed by atoms with Crippen LogP contribution in [0, 0.1) is 5.92 Å². The first kappa shape index (κ1) is 26.0. The standard InChI is InChI=1S/C20H29N5O8/c1-11-5-12(19(31)24-18(11)30)6-16(29)23-4-3-22-13(9-26)8-25(20(32)21-2)17-7-14(28)15(10-27)33-17/h5,8-9,12,14-15,17,22,27-28H,3-4,6-7,10H2,1-2H3,(H,21,32)(H,23,29)(H,24,30,31)/b13-8+/t12?,14-,15+,17+/m0/s1. The molecular formula is C20H29N5O8. The summed E-state index contributed by atoms with van der Waals surface area (Å²) < 4.78 is 5.47. The van der Waals surface area contributed by atoms with E-state index >= 15 is 0 Å². The third-order valence-electron chi connectivity index (χ3n) is 5.11. The minimum atomic E-state index is -0.966. The van der Waals surface area contributed by atoms with Crippen molar-refractivity contribution in [2.75, 3.05) is 26.7 Å². The molecule has 0 aromatic carbocycles. The minimum Gasteiger partial charge on any atom is -0.394 e. The Morgan fingerprint density at radius 3 is 2.61 bits per heavy atom. The maximum atomic E-state index is 12.2. The number of aldehydes is 1. The van der Waals surface area contributed by atoms with E-state index < -0.39 is 54.7 Å². The van der Waals surface area contributed by atoms with Gasteiger partial charge in [0.15, 0.2) is 6.29 Å². The number of carbonyl (C=O) groups is 5. The van der Waals surface area contributed by atoms with Crippen LogP contribution in [0.5, 0.6) is 0 Å². The Kier molecular flexibility index (Phi) is 9.51. The van der Waals surface area contributed by atoms with Crippen LogP contribution in [0.1, 0.15) is 19.8 Å². The molecule has 5 amide bonds. The summed E-state index contributed by atoms with van der Waals surface area (Å²) in [6.45, 7) is 1.38. The average molecular weight is 467 g/mol. The zero-order chi connectivity index (χ0) is 24.5. The number of rotatable bonds is 10. The maximum absolute atomic E-state index is 12.2. The number of aliphatic hydroxyl groups is 2. The van der Waals surface area contributed by atoms with E-state index in [4.69, 9.17) is 4.74 Å². The van der Waals surface area contributed by atoms with E-state index in [1.165, 1.54) is 19.3 Å². The van der Waals surface area contributed by atoms with Crippen LogP contribution in [0.4, 0.5) is 4.79 Å². The lowest BCUT2D eigenvalue weighted by Crippen LogP contribution is -2.43. The highest BCUT2D eigenvalue weighted by Crippen LogP contribution is 2.24. The van der Waals surface area contributed by atoms with Gasteiger partial charge in [-0.1, -0.05) is 6.08 Å². The molecule has 13 nitrogen and oxygen atoms in total. The van der Waals surface area contributed by atoms with Gasteiger partial charge >= 0.3 is 6.03 Å². The lowest BCUT2D eigenvalue weighted by Gasteiger charge is -2.25. The fraction of sp³-hybridized carbons (Fsp3) is 0.550. The highest BCUT2D eigenvalue weighted by atomic mass is 16.5. The summed E-state index contributed by atoms with van der Waals surface area (Å²) in [6.07, 6.45) is 0.344. The molecule has 0 saturated carbocycles. The van der Waals surface area contributed by atoms with Crippen LogP contribution in [0.15, 0.2) is 23.5 Å². The van der Waals surface area contributed by atoms with Gasteiger partial charge in [0.1, 0.15) is 12.3 Å². The topological polar surface area (TPSA) is 186 Å². The van der Waals surface area contributed by atoms with Crippen LogP contribution in [-0.4, -0.2) is 90.3 Å². The Bertz CT molecular complexity index is 842. The number of allylic oxidation sites excluding steroid dienone is 1. The summed E-state index contributed by atoms with van der Waals surface area (Å²) in [5.41, 5.74) is 0.377. The Balaban J connectivity index is 1.88. The lowest BCUT2D eigenvalue weighted by atomic mass is 9.97. The molecule has 182 valence electrons. The zero-order valence-electron chi connectivity index (χ0n) is 18.4. The Morgan fingerprint density at radius 2 is 2.00 bits per heavy atom. The number of carbonyl (C=O) groups excluding carboxylic acids is 5. The number of amides is 5. The number of hydrogen-bond acceptors (Lipinski definition) is 9. The SMILES string of the molecule is CNC(=O)N(/C=C(\C=O)NCCNC(=O)CC1C=C(C)C(=O)NC1=O)[C@H]1C[C@H](O)[C@@H](CO)O1. The van der Waals surface area contributed by atoms with E-state index in [1.54, 1.807) is 6.92 Å². The van der Waals surface area contributed by atoms with E-state index in [1.807, 2.05) is 0 Å². The third-order valence-corrected chi connectivity index (χ3v) is 5.11.